The first kappa shape index (κ1) is 19.0. The van der Waals surface area contributed by atoms with Gasteiger partial charge in [-0.1, -0.05) is 6.07 Å². The van der Waals surface area contributed by atoms with Crippen LogP contribution in [0.3, 0.4) is 0 Å². The summed E-state index contributed by atoms with van der Waals surface area (Å²) in [6.07, 6.45) is 1.89. The molecule has 4 rings (SSSR count). The molecule has 0 saturated carbocycles. The quantitative estimate of drug-likeness (QED) is 0.807. The number of nitrogens with zero attached hydrogens (tertiary/aromatic N) is 3. The maximum Gasteiger partial charge on any atom is 0.270 e. The standard InChI is InChI=1S/C21H26FN3O3/c1-23-7-3-4-19(23)21(26)25-11-16-10-24(17(12-25)14-28-13-16)9-15-5-6-18(22)20(8-15)27-2/h3-8,16-17H,9-14H2,1-2H3/t16-,17+/m1/s1. The topological polar surface area (TPSA) is 46.9 Å². The van der Waals surface area contributed by atoms with Crippen LogP contribution in [0.25, 0.3) is 0 Å². The number of carbonyl (C=O) groups is 1. The molecule has 2 aromatic rings. The van der Waals surface area contributed by atoms with Gasteiger partial charge in [-0.3, -0.25) is 9.69 Å². The highest BCUT2D eigenvalue weighted by Gasteiger charge is 2.35. The third-order valence-corrected chi connectivity index (χ3v) is 5.63. The van der Waals surface area contributed by atoms with E-state index in [1.807, 2.05) is 34.8 Å². The molecule has 2 atom stereocenters. The second-order valence-corrected chi connectivity index (χ2v) is 7.67. The summed E-state index contributed by atoms with van der Waals surface area (Å²) in [5.41, 5.74) is 1.70. The van der Waals surface area contributed by atoms with Crippen molar-refractivity contribution in [2.24, 2.45) is 13.0 Å². The van der Waals surface area contributed by atoms with Crippen LogP contribution in [0.5, 0.6) is 5.75 Å². The van der Waals surface area contributed by atoms with E-state index in [0.717, 1.165) is 12.1 Å². The van der Waals surface area contributed by atoms with Crippen molar-refractivity contribution in [2.45, 2.75) is 12.6 Å². The van der Waals surface area contributed by atoms with Crippen LogP contribution in [0, 0.1) is 11.7 Å². The van der Waals surface area contributed by atoms with Crippen molar-refractivity contribution in [3.8, 4) is 5.75 Å². The van der Waals surface area contributed by atoms with E-state index >= 15 is 0 Å². The molecule has 0 N–H and O–H groups in total. The van der Waals surface area contributed by atoms with Gasteiger partial charge in [-0.25, -0.2) is 4.39 Å². The van der Waals surface area contributed by atoms with E-state index in [0.29, 0.717) is 38.5 Å². The molecule has 0 radical (unpaired) electrons. The van der Waals surface area contributed by atoms with Crippen LogP contribution < -0.4 is 4.74 Å². The molecule has 2 aliphatic heterocycles. The number of aryl methyl sites for hydroxylation is 1. The van der Waals surface area contributed by atoms with Gasteiger partial charge in [0.15, 0.2) is 11.6 Å². The molecule has 2 aliphatic rings. The lowest BCUT2D eigenvalue weighted by Crippen LogP contribution is -2.45. The molecule has 2 saturated heterocycles. The normalized spacial score (nSPS) is 22.8. The van der Waals surface area contributed by atoms with Crippen molar-refractivity contribution in [3.63, 3.8) is 0 Å². The lowest BCUT2D eigenvalue weighted by Gasteiger charge is -2.31. The number of rotatable bonds is 4. The Morgan fingerprint density at radius 3 is 2.86 bits per heavy atom. The van der Waals surface area contributed by atoms with E-state index in [1.165, 1.54) is 13.2 Å². The Kier molecular flexibility index (Phi) is 5.37. The first-order valence-electron chi connectivity index (χ1n) is 9.60. The Bertz CT molecular complexity index is 853. The van der Waals surface area contributed by atoms with E-state index in [1.54, 1.807) is 12.1 Å². The fourth-order valence-corrected chi connectivity index (χ4v) is 4.17. The van der Waals surface area contributed by atoms with Gasteiger partial charge in [0, 0.05) is 45.3 Å². The summed E-state index contributed by atoms with van der Waals surface area (Å²) in [7, 11) is 3.37. The fourth-order valence-electron chi connectivity index (χ4n) is 4.17. The molecular weight excluding hydrogens is 361 g/mol. The zero-order valence-corrected chi connectivity index (χ0v) is 16.3. The number of aromatic nitrogens is 1. The molecule has 3 heterocycles. The number of benzene rings is 1. The number of hydrogen-bond donors (Lipinski definition) is 0. The Morgan fingerprint density at radius 2 is 2.11 bits per heavy atom. The van der Waals surface area contributed by atoms with Crippen molar-refractivity contribution in [3.05, 3.63) is 53.6 Å². The molecule has 1 aromatic carbocycles. The van der Waals surface area contributed by atoms with E-state index in [4.69, 9.17) is 9.47 Å². The van der Waals surface area contributed by atoms with E-state index in [-0.39, 0.29) is 29.4 Å². The van der Waals surface area contributed by atoms with Crippen molar-refractivity contribution in [1.29, 1.82) is 0 Å². The first-order chi connectivity index (χ1) is 13.5. The molecule has 28 heavy (non-hydrogen) atoms. The monoisotopic (exact) mass is 387 g/mol. The molecular formula is C21H26FN3O3. The molecule has 1 amide bonds. The van der Waals surface area contributed by atoms with Gasteiger partial charge in [-0.2, -0.15) is 0 Å². The second kappa shape index (κ2) is 7.93. The first-order valence-corrected chi connectivity index (χ1v) is 9.60. The minimum absolute atomic E-state index is 0.0645. The average molecular weight is 387 g/mol. The summed E-state index contributed by atoms with van der Waals surface area (Å²) < 4.78 is 26.6. The van der Waals surface area contributed by atoms with Gasteiger partial charge in [-0.15, -0.1) is 0 Å². The van der Waals surface area contributed by atoms with E-state index in [9.17, 15) is 9.18 Å². The average Bonchev–Trinajstić information content (AvgIpc) is 2.91. The maximum atomic E-state index is 13.7. The van der Waals surface area contributed by atoms with Gasteiger partial charge in [0.05, 0.1) is 26.4 Å². The zero-order chi connectivity index (χ0) is 19.7. The third-order valence-electron chi connectivity index (χ3n) is 5.63. The summed E-state index contributed by atoms with van der Waals surface area (Å²) in [6.45, 7) is 4.07. The van der Waals surface area contributed by atoms with Crippen molar-refractivity contribution in [2.75, 3.05) is 40.0 Å². The highest BCUT2D eigenvalue weighted by atomic mass is 19.1. The molecule has 2 bridgehead atoms. The Hall–Kier alpha value is -2.38. The summed E-state index contributed by atoms with van der Waals surface area (Å²) in [5.74, 6) is 0.212. The minimum atomic E-state index is -0.358. The van der Waals surface area contributed by atoms with Crippen LogP contribution in [-0.2, 0) is 18.3 Å². The molecule has 2 fully saturated rings. The molecule has 7 heteroatoms. The molecule has 0 aliphatic carbocycles. The van der Waals surface area contributed by atoms with Crippen molar-refractivity contribution < 1.29 is 18.7 Å². The Balaban J connectivity index is 1.53. The summed E-state index contributed by atoms with van der Waals surface area (Å²) in [5, 5.41) is 0. The van der Waals surface area contributed by atoms with Crippen LogP contribution in [0.2, 0.25) is 0 Å². The van der Waals surface area contributed by atoms with Gasteiger partial charge in [0.1, 0.15) is 5.69 Å². The Labute approximate surface area is 164 Å². The van der Waals surface area contributed by atoms with Crippen LogP contribution >= 0.6 is 0 Å². The molecule has 1 aromatic heterocycles. The number of amides is 1. The van der Waals surface area contributed by atoms with Crippen LogP contribution in [0.4, 0.5) is 4.39 Å². The van der Waals surface area contributed by atoms with Crippen LogP contribution in [0.15, 0.2) is 36.5 Å². The predicted octanol–water partition coefficient (Wildman–Crippen LogP) is 2.15. The SMILES string of the molecule is COc1cc(CN2C[C@H]3COC[C@@H]2CN(C(=O)c2cccn2C)C3)ccc1F. The molecule has 0 unspecified atom stereocenters. The fraction of sp³-hybridized carbons (Fsp3) is 0.476. The Morgan fingerprint density at radius 1 is 1.25 bits per heavy atom. The third kappa shape index (κ3) is 3.77. The van der Waals surface area contributed by atoms with Gasteiger partial charge in [0.25, 0.3) is 5.91 Å². The molecule has 150 valence electrons. The molecule has 6 nitrogen and oxygen atoms in total. The predicted molar refractivity (Wildman–Crippen MR) is 103 cm³/mol. The van der Waals surface area contributed by atoms with Crippen molar-refractivity contribution in [1.82, 2.24) is 14.4 Å². The number of methoxy groups -OCH3 is 1. The maximum absolute atomic E-state index is 13.7. The van der Waals surface area contributed by atoms with E-state index in [2.05, 4.69) is 4.90 Å². The minimum Gasteiger partial charge on any atom is -0.494 e. The smallest absolute Gasteiger partial charge is 0.270 e. The zero-order valence-electron chi connectivity index (χ0n) is 16.3. The second-order valence-electron chi connectivity index (χ2n) is 7.67. The van der Waals surface area contributed by atoms with Gasteiger partial charge in [-0.05, 0) is 29.8 Å². The highest BCUT2D eigenvalue weighted by Crippen LogP contribution is 2.25. The molecule has 0 spiro atoms. The van der Waals surface area contributed by atoms with Gasteiger partial charge in [0.2, 0.25) is 0 Å². The van der Waals surface area contributed by atoms with Gasteiger partial charge >= 0.3 is 0 Å². The van der Waals surface area contributed by atoms with Crippen molar-refractivity contribution >= 4 is 5.91 Å². The van der Waals surface area contributed by atoms with Crippen LogP contribution in [-0.4, -0.2) is 66.3 Å². The number of fused-ring (bicyclic) bond motifs is 3. The number of carbonyl (C=O) groups excluding carboxylic acids is 1. The number of halogens is 1. The summed E-state index contributed by atoms with van der Waals surface area (Å²) >= 11 is 0. The van der Waals surface area contributed by atoms with Gasteiger partial charge < -0.3 is 18.9 Å². The lowest BCUT2D eigenvalue weighted by atomic mass is 10.1. The highest BCUT2D eigenvalue weighted by molar-refractivity contribution is 5.92. The number of ether oxygens (including phenoxy) is 2. The number of hydrogen-bond acceptors (Lipinski definition) is 4. The lowest BCUT2D eigenvalue weighted by molar-refractivity contribution is 0.0400. The summed E-state index contributed by atoms with van der Waals surface area (Å²) in [6, 6.07) is 8.84. The van der Waals surface area contributed by atoms with E-state index < -0.39 is 0 Å². The largest absolute Gasteiger partial charge is 0.494 e. The van der Waals surface area contributed by atoms with Crippen LogP contribution in [0.1, 0.15) is 16.1 Å². The summed E-state index contributed by atoms with van der Waals surface area (Å²) in [4.78, 5) is 17.3.